The van der Waals surface area contributed by atoms with E-state index in [2.05, 4.69) is 4.74 Å². The largest absolute Gasteiger partial charge is 0.469 e. The Labute approximate surface area is 86.0 Å². The zero-order chi connectivity index (χ0) is 10.4. The van der Waals surface area contributed by atoms with E-state index in [1.165, 1.54) is 32.8 Å². The van der Waals surface area contributed by atoms with Gasteiger partial charge in [0.2, 0.25) is 0 Å². The summed E-state index contributed by atoms with van der Waals surface area (Å²) in [6.07, 6.45) is 7.52. The first-order valence-electron chi connectivity index (χ1n) is 5.56. The van der Waals surface area contributed by atoms with E-state index < -0.39 is 0 Å². The first-order chi connectivity index (χ1) is 6.74. The zero-order valence-corrected chi connectivity index (χ0v) is 9.00. The van der Waals surface area contributed by atoms with Gasteiger partial charge in [0.15, 0.2) is 0 Å². The van der Waals surface area contributed by atoms with Crippen LogP contribution in [0.2, 0.25) is 0 Å². The fourth-order valence-corrected chi connectivity index (χ4v) is 2.18. The maximum atomic E-state index is 11.0. The molecule has 0 bridgehead atoms. The number of carbonyl (C=O) groups excluding carboxylic acids is 1. The van der Waals surface area contributed by atoms with Crippen LogP contribution in [0.15, 0.2) is 0 Å². The molecule has 1 rings (SSSR count). The van der Waals surface area contributed by atoms with Crippen LogP contribution in [0, 0.1) is 5.92 Å². The van der Waals surface area contributed by atoms with Crippen molar-refractivity contribution in [3.05, 3.63) is 0 Å². The number of methoxy groups -OCH3 is 1. The lowest BCUT2D eigenvalue weighted by molar-refractivity contribution is -0.141. The number of hydrogen-bond donors (Lipinski definition) is 1. The lowest BCUT2D eigenvalue weighted by Crippen LogP contribution is -2.29. The molecule has 1 aliphatic carbocycles. The molecule has 0 aromatic carbocycles. The van der Waals surface area contributed by atoms with Crippen LogP contribution in [0.25, 0.3) is 0 Å². The van der Waals surface area contributed by atoms with Gasteiger partial charge in [-0.1, -0.05) is 19.3 Å². The number of ether oxygens (including phenoxy) is 1. The van der Waals surface area contributed by atoms with E-state index >= 15 is 0 Å². The lowest BCUT2D eigenvalue weighted by Gasteiger charge is -2.20. The lowest BCUT2D eigenvalue weighted by atomic mass is 9.91. The van der Waals surface area contributed by atoms with Gasteiger partial charge in [-0.25, -0.2) is 0 Å². The van der Waals surface area contributed by atoms with Crippen molar-refractivity contribution >= 4 is 5.97 Å². The maximum Gasteiger partial charge on any atom is 0.305 e. The van der Waals surface area contributed by atoms with Crippen molar-refractivity contribution in [2.45, 2.75) is 51.0 Å². The molecule has 1 fully saturated rings. The molecule has 1 aliphatic rings. The number of rotatable bonds is 3. The first kappa shape index (κ1) is 11.5. The highest BCUT2D eigenvalue weighted by Gasteiger charge is 2.20. The van der Waals surface area contributed by atoms with Crippen LogP contribution in [0.4, 0.5) is 0 Å². The molecule has 2 N–H and O–H groups in total. The van der Waals surface area contributed by atoms with Gasteiger partial charge in [0.05, 0.1) is 7.11 Å². The van der Waals surface area contributed by atoms with Crippen molar-refractivity contribution in [2.75, 3.05) is 7.11 Å². The van der Waals surface area contributed by atoms with E-state index in [9.17, 15) is 4.79 Å². The highest BCUT2D eigenvalue weighted by molar-refractivity contribution is 5.69. The summed E-state index contributed by atoms with van der Waals surface area (Å²) in [5.74, 6) is 0.415. The van der Waals surface area contributed by atoms with Gasteiger partial charge in [0, 0.05) is 12.5 Å². The molecule has 0 aliphatic heterocycles. The molecule has 2 atom stereocenters. The second kappa shape index (κ2) is 6.02. The molecule has 0 aromatic rings. The average molecular weight is 199 g/mol. The predicted molar refractivity (Wildman–Crippen MR) is 55.8 cm³/mol. The fourth-order valence-electron chi connectivity index (χ4n) is 2.18. The molecule has 0 amide bonds. The topological polar surface area (TPSA) is 52.3 Å². The number of carbonyl (C=O) groups is 1. The summed E-state index contributed by atoms with van der Waals surface area (Å²) in [7, 11) is 1.44. The van der Waals surface area contributed by atoms with E-state index in [0.717, 1.165) is 12.8 Å². The minimum absolute atomic E-state index is 0.110. The Bertz CT molecular complexity index is 182. The Morgan fingerprint density at radius 1 is 1.36 bits per heavy atom. The van der Waals surface area contributed by atoms with E-state index in [1.807, 2.05) is 0 Å². The van der Waals surface area contributed by atoms with Crippen LogP contribution >= 0.6 is 0 Å². The van der Waals surface area contributed by atoms with Gasteiger partial charge >= 0.3 is 5.97 Å². The van der Waals surface area contributed by atoms with Crippen LogP contribution in [0.1, 0.15) is 44.9 Å². The van der Waals surface area contributed by atoms with Gasteiger partial charge in [0.25, 0.3) is 0 Å². The predicted octanol–water partition coefficient (Wildman–Crippen LogP) is 1.85. The van der Waals surface area contributed by atoms with Crippen LogP contribution in [0.5, 0.6) is 0 Å². The number of esters is 1. The normalized spacial score (nSPS) is 28.1. The van der Waals surface area contributed by atoms with E-state index in [-0.39, 0.29) is 5.97 Å². The summed E-state index contributed by atoms with van der Waals surface area (Å²) < 4.78 is 4.63. The van der Waals surface area contributed by atoms with Crippen molar-refractivity contribution in [3.63, 3.8) is 0 Å². The minimum Gasteiger partial charge on any atom is -0.469 e. The van der Waals surface area contributed by atoms with E-state index in [0.29, 0.717) is 18.4 Å². The van der Waals surface area contributed by atoms with Gasteiger partial charge in [-0.3, -0.25) is 4.79 Å². The molecule has 0 spiro atoms. The highest BCUT2D eigenvalue weighted by atomic mass is 16.5. The molecule has 0 aromatic heterocycles. The Morgan fingerprint density at radius 3 is 2.79 bits per heavy atom. The molecule has 82 valence electrons. The summed E-state index contributed by atoms with van der Waals surface area (Å²) in [5, 5.41) is 0. The van der Waals surface area contributed by atoms with Gasteiger partial charge in [-0.2, -0.15) is 0 Å². The molecule has 3 heteroatoms. The minimum atomic E-state index is -0.110. The van der Waals surface area contributed by atoms with Gasteiger partial charge < -0.3 is 10.5 Å². The van der Waals surface area contributed by atoms with Crippen LogP contribution in [-0.4, -0.2) is 19.1 Å². The molecule has 3 nitrogen and oxygen atoms in total. The monoisotopic (exact) mass is 199 g/mol. The van der Waals surface area contributed by atoms with Crippen molar-refractivity contribution in [1.82, 2.24) is 0 Å². The Hall–Kier alpha value is -0.570. The molecular weight excluding hydrogens is 178 g/mol. The summed E-state index contributed by atoms with van der Waals surface area (Å²) >= 11 is 0. The van der Waals surface area contributed by atoms with Crippen molar-refractivity contribution in [3.8, 4) is 0 Å². The number of hydrogen-bond acceptors (Lipinski definition) is 3. The van der Waals surface area contributed by atoms with Gasteiger partial charge in [0.1, 0.15) is 0 Å². The molecule has 0 saturated heterocycles. The van der Waals surface area contributed by atoms with Crippen LogP contribution in [0.3, 0.4) is 0 Å². The molecule has 1 saturated carbocycles. The van der Waals surface area contributed by atoms with Crippen LogP contribution in [-0.2, 0) is 9.53 Å². The van der Waals surface area contributed by atoms with Crippen molar-refractivity contribution < 1.29 is 9.53 Å². The Kier molecular flexibility index (Phi) is 4.94. The zero-order valence-electron chi connectivity index (χ0n) is 9.00. The molecule has 0 radical (unpaired) electrons. The SMILES string of the molecule is COC(=O)CC[C@H]1CCCCC[C@H]1N. The third-order valence-corrected chi connectivity index (χ3v) is 3.16. The van der Waals surface area contributed by atoms with E-state index in [1.54, 1.807) is 0 Å². The second-order valence-corrected chi connectivity index (χ2v) is 4.18. The summed E-state index contributed by atoms with van der Waals surface area (Å²) in [6, 6.07) is 0.294. The van der Waals surface area contributed by atoms with Crippen LogP contribution < -0.4 is 5.73 Å². The first-order valence-corrected chi connectivity index (χ1v) is 5.56. The Balaban J connectivity index is 2.29. The van der Waals surface area contributed by atoms with Crippen molar-refractivity contribution in [2.24, 2.45) is 11.7 Å². The molecule has 0 unspecified atom stereocenters. The molecular formula is C11H21NO2. The second-order valence-electron chi connectivity index (χ2n) is 4.18. The summed E-state index contributed by atoms with van der Waals surface area (Å²) in [4.78, 5) is 11.0. The van der Waals surface area contributed by atoms with Gasteiger partial charge in [-0.05, 0) is 25.2 Å². The standard InChI is InChI=1S/C11H21NO2/c1-14-11(13)8-7-9-5-3-2-4-6-10(9)12/h9-10H,2-8,12H2,1H3/t9-,10-/m1/s1. The summed E-state index contributed by atoms with van der Waals surface area (Å²) in [6.45, 7) is 0. The molecule has 14 heavy (non-hydrogen) atoms. The van der Waals surface area contributed by atoms with Crippen molar-refractivity contribution in [1.29, 1.82) is 0 Å². The summed E-state index contributed by atoms with van der Waals surface area (Å²) in [5.41, 5.74) is 6.05. The third-order valence-electron chi connectivity index (χ3n) is 3.16. The Morgan fingerprint density at radius 2 is 2.07 bits per heavy atom. The smallest absolute Gasteiger partial charge is 0.305 e. The van der Waals surface area contributed by atoms with Gasteiger partial charge in [-0.15, -0.1) is 0 Å². The molecule has 0 heterocycles. The fraction of sp³-hybridized carbons (Fsp3) is 0.909. The maximum absolute atomic E-state index is 11.0. The quantitative estimate of drug-likeness (QED) is 0.557. The highest BCUT2D eigenvalue weighted by Crippen LogP contribution is 2.25. The average Bonchev–Trinajstić information content (AvgIpc) is 2.39. The number of nitrogens with two attached hydrogens (primary N) is 1. The third kappa shape index (κ3) is 3.66. The van der Waals surface area contributed by atoms with E-state index in [4.69, 9.17) is 5.73 Å².